The van der Waals surface area contributed by atoms with E-state index in [1.807, 2.05) is 17.5 Å². The number of aliphatic hydroxyl groups is 1. The van der Waals surface area contributed by atoms with Crippen molar-refractivity contribution < 1.29 is 13.5 Å². The molecule has 0 saturated carbocycles. The Hall–Kier alpha value is -0.730. The molecule has 0 spiro atoms. The minimum atomic E-state index is -3.60. The number of aliphatic hydroxyl groups excluding tert-OH is 1. The van der Waals surface area contributed by atoms with E-state index in [0.717, 1.165) is 4.88 Å². The van der Waals surface area contributed by atoms with Crippen molar-refractivity contribution in [3.05, 3.63) is 50.6 Å². The highest BCUT2D eigenvalue weighted by atomic mass is 79.9. The fourth-order valence-electron chi connectivity index (χ4n) is 1.72. The fraction of sp³-hybridized carbons (Fsp3) is 0.231. The van der Waals surface area contributed by atoms with Gasteiger partial charge >= 0.3 is 0 Å². The van der Waals surface area contributed by atoms with Crippen LogP contribution in [0.25, 0.3) is 0 Å². The fourth-order valence-corrected chi connectivity index (χ4v) is 4.68. The van der Waals surface area contributed by atoms with E-state index >= 15 is 0 Å². The molecule has 1 N–H and O–H groups in total. The van der Waals surface area contributed by atoms with Crippen LogP contribution >= 0.6 is 27.3 Å². The van der Waals surface area contributed by atoms with Crippen molar-refractivity contribution in [1.82, 2.24) is 4.31 Å². The standard InChI is InChI=1S/C13H14BrNO3S2/c1-15(8-11-3-2-6-19-11)20(17,18)13-7-10(9-16)4-5-12(13)14/h2-7,16H,8-9H2,1H3. The summed E-state index contributed by atoms with van der Waals surface area (Å²) < 4.78 is 26.9. The van der Waals surface area contributed by atoms with Crippen LogP contribution < -0.4 is 0 Å². The van der Waals surface area contributed by atoms with E-state index in [1.165, 1.54) is 21.7 Å². The van der Waals surface area contributed by atoms with Crippen LogP contribution in [-0.4, -0.2) is 24.9 Å². The maximum Gasteiger partial charge on any atom is 0.244 e. The first-order chi connectivity index (χ1) is 9.45. The second-order valence-electron chi connectivity index (χ2n) is 4.26. The lowest BCUT2D eigenvalue weighted by Crippen LogP contribution is -2.26. The van der Waals surface area contributed by atoms with Crippen molar-refractivity contribution in [1.29, 1.82) is 0 Å². The van der Waals surface area contributed by atoms with Crippen LogP contribution in [0.15, 0.2) is 45.1 Å². The van der Waals surface area contributed by atoms with Crippen LogP contribution in [0.2, 0.25) is 0 Å². The Morgan fingerprint density at radius 1 is 1.35 bits per heavy atom. The number of nitrogens with zero attached hydrogens (tertiary/aromatic N) is 1. The van der Waals surface area contributed by atoms with Gasteiger partial charge in [0.1, 0.15) is 0 Å². The molecule has 4 nitrogen and oxygen atoms in total. The zero-order valence-electron chi connectivity index (χ0n) is 10.8. The predicted molar refractivity (Wildman–Crippen MR) is 83.0 cm³/mol. The summed E-state index contributed by atoms with van der Waals surface area (Å²) in [5.41, 5.74) is 0.566. The quantitative estimate of drug-likeness (QED) is 0.873. The SMILES string of the molecule is CN(Cc1cccs1)S(=O)(=O)c1cc(CO)ccc1Br. The maximum absolute atomic E-state index is 12.6. The molecule has 2 rings (SSSR count). The molecule has 0 radical (unpaired) electrons. The third kappa shape index (κ3) is 3.29. The Balaban J connectivity index is 2.34. The van der Waals surface area contributed by atoms with Crippen LogP contribution in [0.1, 0.15) is 10.4 Å². The first-order valence-corrected chi connectivity index (χ1v) is 8.94. The molecule has 0 aliphatic carbocycles. The van der Waals surface area contributed by atoms with Gasteiger partial charge in [0.2, 0.25) is 10.0 Å². The first-order valence-electron chi connectivity index (χ1n) is 5.83. The highest BCUT2D eigenvalue weighted by molar-refractivity contribution is 9.10. The molecular formula is C13H14BrNO3S2. The zero-order chi connectivity index (χ0) is 14.8. The van der Waals surface area contributed by atoms with E-state index in [9.17, 15) is 8.42 Å². The number of rotatable bonds is 5. The van der Waals surface area contributed by atoms with E-state index in [-0.39, 0.29) is 11.5 Å². The van der Waals surface area contributed by atoms with Crippen LogP contribution in [0.3, 0.4) is 0 Å². The first kappa shape index (κ1) is 15.7. The monoisotopic (exact) mass is 375 g/mol. The van der Waals surface area contributed by atoms with Gasteiger partial charge < -0.3 is 5.11 Å². The highest BCUT2D eigenvalue weighted by Crippen LogP contribution is 2.27. The number of halogens is 1. The number of hydrogen-bond donors (Lipinski definition) is 1. The van der Waals surface area contributed by atoms with Crippen molar-refractivity contribution >= 4 is 37.3 Å². The normalized spacial score (nSPS) is 12.0. The van der Waals surface area contributed by atoms with Gasteiger partial charge in [-0.25, -0.2) is 8.42 Å². The summed E-state index contributed by atoms with van der Waals surface area (Å²) in [6.07, 6.45) is 0. The number of hydrogen-bond acceptors (Lipinski definition) is 4. The second-order valence-corrected chi connectivity index (χ2v) is 8.16. The summed E-state index contributed by atoms with van der Waals surface area (Å²) >= 11 is 4.77. The molecular weight excluding hydrogens is 362 g/mol. The maximum atomic E-state index is 12.6. The molecule has 0 amide bonds. The van der Waals surface area contributed by atoms with Crippen LogP contribution in [0, 0.1) is 0 Å². The summed E-state index contributed by atoms with van der Waals surface area (Å²) in [5, 5.41) is 11.1. The molecule has 0 bridgehead atoms. The Kier molecular flexibility index (Phi) is 4.98. The van der Waals surface area contributed by atoms with Gasteiger partial charge in [-0.15, -0.1) is 11.3 Å². The average Bonchev–Trinajstić information content (AvgIpc) is 2.92. The third-order valence-electron chi connectivity index (χ3n) is 2.83. The van der Waals surface area contributed by atoms with E-state index in [2.05, 4.69) is 15.9 Å². The Bertz CT molecular complexity index is 684. The molecule has 0 atom stereocenters. The van der Waals surface area contributed by atoms with Gasteiger partial charge in [0.25, 0.3) is 0 Å². The molecule has 7 heteroatoms. The molecule has 1 heterocycles. The molecule has 1 aromatic heterocycles. The predicted octanol–water partition coefficient (Wildman–Crippen LogP) is 2.82. The average molecular weight is 376 g/mol. The molecule has 0 unspecified atom stereocenters. The third-order valence-corrected chi connectivity index (χ3v) is 6.48. The Labute approximate surface area is 130 Å². The molecule has 0 saturated heterocycles. The highest BCUT2D eigenvalue weighted by Gasteiger charge is 2.24. The summed E-state index contributed by atoms with van der Waals surface area (Å²) in [4.78, 5) is 1.15. The summed E-state index contributed by atoms with van der Waals surface area (Å²) in [6.45, 7) is 0.139. The topological polar surface area (TPSA) is 57.6 Å². The van der Waals surface area contributed by atoms with Crippen LogP contribution in [0.4, 0.5) is 0 Å². The van der Waals surface area contributed by atoms with Crippen molar-refractivity contribution in [2.75, 3.05) is 7.05 Å². The lowest BCUT2D eigenvalue weighted by atomic mass is 10.2. The van der Waals surface area contributed by atoms with Crippen molar-refractivity contribution in [3.63, 3.8) is 0 Å². The Morgan fingerprint density at radius 3 is 2.70 bits per heavy atom. The minimum Gasteiger partial charge on any atom is -0.392 e. The van der Waals surface area contributed by atoms with Crippen LogP contribution in [0.5, 0.6) is 0 Å². The van der Waals surface area contributed by atoms with Crippen molar-refractivity contribution in [2.24, 2.45) is 0 Å². The van der Waals surface area contributed by atoms with Crippen molar-refractivity contribution in [3.8, 4) is 0 Å². The summed E-state index contributed by atoms with van der Waals surface area (Å²) in [6, 6.07) is 8.60. The van der Waals surface area contributed by atoms with E-state index in [1.54, 1.807) is 19.2 Å². The van der Waals surface area contributed by atoms with E-state index in [4.69, 9.17) is 5.11 Å². The van der Waals surface area contributed by atoms with Gasteiger partial charge in [0.15, 0.2) is 0 Å². The van der Waals surface area contributed by atoms with Crippen molar-refractivity contribution in [2.45, 2.75) is 18.0 Å². The van der Waals surface area contributed by atoms with E-state index < -0.39 is 10.0 Å². The smallest absolute Gasteiger partial charge is 0.244 e. The molecule has 20 heavy (non-hydrogen) atoms. The van der Waals surface area contributed by atoms with Gasteiger partial charge in [0.05, 0.1) is 11.5 Å². The second kappa shape index (κ2) is 6.36. The lowest BCUT2D eigenvalue weighted by molar-refractivity contribution is 0.281. The summed E-state index contributed by atoms with van der Waals surface area (Å²) in [5.74, 6) is 0. The number of sulfonamides is 1. The van der Waals surface area contributed by atoms with Gasteiger partial charge in [-0.1, -0.05) is 12.1 Å². The minimum absolute atomic E-state index is 0.170. The summed E-state index contributed by atoms with van der Waals surface area (Å²) in [7, 11) is -2.05. The molecule has 2 aromatic rings. The molecule has 0 aliphatic rings. The van der Waals surface area contributed by atoms with E-state index in [0.29, 0.717) is 16.6 Å². The Morgan fingerprint density at radius 2 is 2.10 bits per heavy atom. The molecule has 0 fully saturated rings. The largest absolute Gasteiger partial charge is 0.392 e. The van der Waals surface area contributed by atoms with Crippen LogP contribution in [-0.2, 0) is 23.2 Å². The molecule has 0 aliphatic heterocycles. The number of thiophene rings is 1. The zero-order valence-corrected chi connectivity index (χ0v) is 14.0. The molecule has 1 aromatic carbocycles. The number of benzene rings is 1. The lowest BCUT2D eigenvalue weighted by Gasteiger charge is -2.18. The van der Waals surface area contributed by atoms with Gasteiger partial charge in [0, 0.05) is 22.9 Å². The van der Waals surface area contributed by atoms with Gasteiger partial charge in [-0.3, -0.25) is 0 Å². The van der Waals surface area contributed by atoms with Gasteiger partial charge in [-0.2, -0.15) is 4.31 Å². The van der Waals surface area contributed by atoms with Gasteiger partial charge in [-0.05, 0) is 45.1 Å². The molecule has 108 valence electrons.